The second kappa shape index (κ2) is 10.3. The smallest absolute Gasteiger partial charge is 0.268 e. The number of ether oxygens (including phenoxy) is 1. The van der Waals surface area contributed by atoms with Crippen LogP contribution in [0, 0.1) is 13.8 Å². The number of phenols is 1. The number of hydrogen-bond acceptors (Lipinski definition) is 7. The topological polar surface area (TPSA) is 128 Å². The molecule has 4 aromatic carbocycles. The van der Waals surface area contributed by atoms with E-state index in [4.69, 9.17) is 4.74 Å². The zero-order valence-corrected chi connectivity index (χ0v) is 25.1. The lowest BCUT2D eigenvalue weighted by atomic mass is 9.97. The Morgan fingerprint density at radius 2 is 1.23 bits per heavy atom. The summed E-state index contributed by atoms with van der Waals surface area (Å²) in [4.78, 5) is 0.150. The third kappa shape index (κ3) is 4.66. The number of phenolic OH excluding ortho intramolecular Hbond substituents is 1. The van der Waals surface area contributed by atoms with Crippen molar-refractivity contribution in [3.63, 3.8) is 0 Å². The van der Waals surface area contributed by atoms with Crippen LogP contribution in [0.2, 0.25) is 0 Å². The molecule has 1 atom stereocenters. The van der Waals surface area contributed by atoms with Gasteiger partial charge in [-0.1, -0.05) is 35.4 Å². The van der Waals surface area contributed by atoms with Crippen LogP contribution in [0.1, 0.15) is 28.4 Å². The van der Waals surface area contributed by atoms with Crippen LogP contribution in [0.3, 0.4) is 0 Å². The summed E-state index contributed by atoms with van der Waals surface area (Å²) in [7, 11) is -6.60. The Morgan fingerprint density at radius 3 is 1.81 bits per heavy atom. The lowest BCUT2D eigenvalue weighted by Gasteiger charge is -2.15. The number of aromatic nitrogens is 2. The van der Waals surface area contributed by atoms with Gasteiger partial charge in [-0.05, 0) is 74.5 Å². The molecule has 0 amide bonds. The van der Waals surface area contributed by atoms with E-state index in [9.17, 15) is 27.0 Å². The van der Waals surface area contributed by atoms with Crippen molar-refractivity contribution >= 4 is 41.9 Å². The Bertz CT molecular complexity index is 2230. The van der Waals surface area contributed by atoms with Crippen LogP contribution in [-0.4, -0.2) is 42.1 Å². The molecule has 9 nitrogen and oxygen atoms in total. The summed E-state index contributed by atoms with van der Waals surface area (Å²) >= 11 is 0. The molecule has 0 saturated heterocycles. The maximum Gasteiger partial charge on any atom is 0.268 e. The number of nitrogens with zero attached hydrogens (tertiary/aromatic N) is 2. The van der Waals surface area contributed by atoms with Gasteiger partial charge in [0.15, 0.2) is 0 Å². The number of aryl methyl sites for hydroxylation is 2. The average Bonchev–Trinajstić information content (AvgIpc) is 3.60. The summed E-state index contributed by atoms with van der Waals surface area (Å²) in [5.74, 6) is 0.153. The summed E-state index contributed by atoms with van der Waals surface area (Å²) in [6, 6.07) is 22.0. The fourth-order valence-electron chi connectivity index (χ4n) is 5.25. The molecule has 11 heteroatoms. The highest BCUT2D eigenvalue weighted by atomic mass is 32.2. The molecule has 0 aliphatic rings. The van der Waals surface area contributed by atoms with Crippen molar-refractivity contribution in [1.82, 2.24) is 7.94 Å². The molecule has 0 spiro atoms. The van der Waals surface area contributed by atoms with Gasteiger partial charge in [0.25, 0.3) is 20.0 Å². The molecule has 0 saturated carbocycles. The minimum absolute atomic E-state index is 0.0324. The van der Waals surface area contributed by atoms with Gasteiger partial charge < -0.3 is 14.9 Å². The maximum absolute atomic E-state index is 13.8. The normalized spacial score (nSPS) is 13.0. The zero-order valence-electron chi connectivity index (χ0n) is 23.5. The van der Waals surface area contributed by atoms with Crippen molar-refractivity contribution in [2.45, 2.75) is 29.7 Å². The van der Waals surface area contributed by atoms with Gasteiger partial charge in [0.2, 0.25) is 0 Å². The average molecular weight is 617 g/mol. The highest BCUT2D eigenvalue weighted by Crippen LogP contribution is 2.41. The summed E-state index contributed by atoms with van der Waals surface area (Å²) in [5, 5.41) is 23.5. The fraction of sp³-hybridized carbons (Fsp3) is 0.125. The molecule has 220 valence electrons. The number of benzene rings is 4. The molecule has 2 N–H and O–H groups in total. The van der Waals surface area contributed by atoms with E-state index in [1.807, 2.05) is 13.8 Å². The summed E-state index contributed by atoms with van der Waals surface area (Å²) in [6.07, 6.45) is 1.15. The van der Waals surface area contributed by atoms with Crippen molar-refractivity contribution in [3.8, 4) is 11.5 Å². The molecule has 2 heterocycles. The van der Waals surface area contributed by atoms with Crippen molar-refractivity contribution in [1.29, 1.82) is 0 Å². The van der Waals surface area contributed by atoms with Crippen LogP contribution in [-0.2, 0) is 20.0 Å². The van der Waals surface area contributed by atoms with E-state index in [0.717, 1.165) is 19.1 Å². The molecular weight excluding hydrogens is 588 g/mol. The molecule has 0 aliphatic carbocycles. The Labute approximate surface area is 248 Å². The largest absolute Gasteiger partial charge is 0.508 e. The van der Waals surface area contributed by atoms with Crippen LogP contribution in [0.15, 0.2) is 107 Å². The van der Waals surface area contributed by atoms with Crippen molar-refractivity contribution in [3.05, 3.63) is 120 Å². The first-order valence-electron chi connectivity index (χ1n) is 13.3. The Morgan fingerprint density at radius 1 is 0.698 bits per heavy atom. The molecule has 1 unspecified atom stereocenters. The summed E-state index contributed by atoms with van der Waals surface area (Å²) < 4.78 is 62.1. The van der Waals surface area contributed by atoms with Gasteiger partial charge in [-0.3, -0.25) is 0 Å². The Kier molecular flexibility index (Phi) is 6.83. The van der Waals surface area contributed by atoms with Crippen LogP contribution < -0.4 is 4.74 Å². The number of aliphatic hydroxyl groups is 1. The standard InChI is InChI=1S/C32H28N2O7S2/c1-20-4-9-23(10-5-20)42(37,38)33-17-16-25-28(33)14-15-30(35)31(25)32(36)27-19-34(29-13-8-22(41-3)18-26(27)29)43(39,40)24-11-6-21(2)7-12-24/h4-19,32,35-36H,1-3H3. The third-order valence-corrected chi connectivity index (χ3v) is 11.0. The molecule has 2 aromatic heterocycles. The van der Waals surface area contributed by atoms with E-state index in [2.05, 4.69) is 0 Å². The SMILES string of the molecule is COc1ccc2c(c1)c(C(O)c1c(O)ccc3c1ccn3S(=O)(=O)c1ccc(C)cc1)cn2S(=O)(=O)c1ccc(C)cc1. The number of methoxy groups -OCH3 is 1. The molecule has 0 aliphatic heterocycles. The molecule has 0 bridgehead atoms. The van der Waals surface area contributed by atoms with E-state index in [1.165, 1.54) is 62.0 Å². The van der Waals surface area contributed by atoms with Crippen molar-refractivity contribution in [2.24, 2.45) is 0 Å². The first kappa shape index (κ1) is 28.5. The molecule has 43 heavy (non-hydrogen) atoms. The lowest BCUT2D eigenvalue weighted by molar-refractivity contribution is 0.219. The van der Waals surface area contributed by atoms with Crippen LogP contribution >= 0.6 is 0 Å². The molecule has 0 fully saturated rings. The minimum Gasteiger partial charge on any atom is -0.508 e. The molecule has 6 rings (SSSR count). The van der Waals surface area contributed by atoms with Crippen LogP contribution in [0.25, 0.3) is 21.8 Å². The van der Waals surface area contributed by atoms with Gasteiger partial charge in [-0.2, -0.15) is 0 Å². The number of fused-ring (bicyclic) bond motifs is 2. The van der Waals surface area contributed by atoms with E-state index in [-0.39, 0.29) is 37.6 Å². The molecule has 6 aromatic rings. The first-order chi connectivity index (χ1) is 20.4. The van der Waals surface area contributed by atoms with E-state index >= 15 is 0 Å². The Hall–Kier alpha value is -4.58. The van der Waals surface area contributed by atoms with E-state index in [1.54, 1.807) is 42.5 Å². The Balaban J connectivity index is 1.55. The quantitative estimate of drug-likeness (QED) is 0.243. The fourth-order valence-corrected chi connectivity index (χ4v) is 7.98. The van der Waals surface area contributed by atoms with Crippen LogP contribution in [0.5, 0.6) is 11.5 Å². The minimum atomic E-state index is -4.08. The molecule has 0 radical (unpaired) electrons. The van der Waals surface area contributed by atoms with Gasteiger partial charge in [0.05, 0.1) is 27.9 Å². The van der Waals surface area contributed by atoms with Gasteiger partial charge in [-0.25, -0.2) is 24.8 Å². The summed E-state index contributed by atoms with van der Waals surface area (Å²) in [6.45, 7) is 3.71. The van der Waals surface area contributed by atoms with Crippen LogP contribution in [0.4, 0.5) is 0 Å². The van der Waals surface area contributed by atoms with Crippen molar-refractivity contribution in [2.75, 3.05) is 7.11 Å². The van der Waals surface area contributed by atoms with E-state index < -0.39 is 26.2 Å². The zero-order chi connectivity index (χ0) is 30.7. The predicted octanol–water partition coefficient (Wildman–Crippen LogP) is 5.48. The highest BCUT2D eigenvalue weighted by molar-refractivity contribution is 7.90. The van der Waals surface area contributed by atoms with Gasteiger partial charge in [-0.15, -0.1) is 0 Å². The number of hydrogen-bond donors (Lipinski definition) is 2. The number of aliphatic hydroxyl groups excluding tert-OH is 1. The summed E-state index contributed by atoms with van der Waals surface area (Å²) in [5.41, 5.74) is 2.55. The maximum atomic E-state index is 13.8. The first-order valence-corrected chi connectivity index (χ1v) is 16.2. The van der Waals surface area contributed by atoms with Gasteiger partial charge >= 0.3 is 0 Å². The van der Waals surface area contributed by atoms with E-state index in [0.29, 0.717) is 16.7 Å². The second-order valence-corrected chi connectivity index (χ2v) is 14.0. The van der Waals surface area contributed by atoms with Crippen molar-refractivity contribution < 1.29 is 31.8 Å². The molecular formula is C32H28N2O7S2. The monoisotopic (exact) mass is 616 g/mol. The second-order valence-electron chi connectivity index (χ2n) is 10.3. The highest BCUT2D eigenvalue weighted by Gasteiger charge is 2.29. The lowest BCUT2D eigenvalue weighted by Crippen LogP contribution is -2.12. The predicted molar refractivity (Wildman–Crippen MR) is 164 cm³/mol. The number of rotatable bonds is 7. The van der Waals surface area contributed by atoms with Gasteiger partial charge in [0, 0.05) is 34.3 Å². The third-order valence-electron chi connectivity index (χ3n) is 7.59. The van der Waals surface area contributed by atoms with Gasteiger partial charge in [0.1, 0.15) is 17.6 Å². The number of aromatic hydroxyl groups is 1.